The number of hydrogen-bond acceptors (Lipinski definition) is 4. The maximum atomic E-state index is 12.4. The van der Waals surface area contributed by atoms with Crippen molar-refractivity contribution in [2.75, 3.05) is 5.32 Å². The van der Waals surface area contributed by atoms with Crippen LogP contribution in [0.4, 0.5) is 5.82 Å². The number of aromatic nitrogens is 1. The molecule has 0 bridgehead atoms. The molecule has 0 saturated heterocycles. The number of nitrogens with one attached hydrogen (secondary N) is 1. The molecule has 0 spiro atoms. The summed E-state index contributed by atoms with van der Waals surface area (Å²) < 4.78 is 0. The van der Waals surface area contributed by atoms with Crippen LogP contribution in [-0.2, 0) is 5.41 Å². The van der Waals surface area contributed by atoms with Gasteiger partial charge in [0.1, 0.15) is 22.9 Å². The van der Waals surface area contributed by atoms with E-state index in [1.807, 2.05) is 0 Å². The Bertz CT molecular complexity index is 758. The van der Waals surface area contributed by atoms with E-state index in [-0.39, 0.29) is 22.5 Å². The largest absolute Gasteiger partial charge is 0.507 e. The van der Waals surface area contributed by atoms with Gasteiger partial charge in [-0.15, -0.1) is 0 Å². The number of benzene rings is 1. The van der Waals surface area contributed by atoms with Crippen LogP contribution in [0.2, 0.25) is 0 Å². The second kappa shape index (κ2) is 7.36. The number of carbonyl (C=O) groups excluding carboxylic acids is 1. The van der Waals surface area contributed by atoms with Gasteiger partial charge >= 0.3 is 0 Å². The van der Waals surface area contributed by atoms with Gasteiger partial charge in [0.05, 0.1) is 0 Å². The summed E-state index contributed by atoms with van der Waals surface area (Å²) in [4.78, 5) is 16.5. The second-order valence-electron chi connectivity index (χ2n) is 7.62. The van der Waals surface area contributed by atoms with Crippen molar-refractivity contribution >= 4 is 11.7 Å². The van der Waals surface area contributed by atoms with Gasteiger partial charge in [-0.2, -0.15) is 0 Å². The highest BCUT2D eigenvalue weighted by atomic mass is 16.3. The zero-order valence-corrected chi connectivity index (χ0v) is 15.3. The topological polar surface area (TPSA) is 82.5 Å². The molecule has 26 heavy (non-hydrogen) atoms. The van der Waals surface area contributed by atoms with Gasteiger partial charge in [0, 0.05) is 6.20 Å². The first-order chi connectivity index (χ1) is 12.4. The Morgan fingerprint density at radius 2 is 1.77 bits per heavy atom. The van der Waals surface area contributed by atoms with Crippen LogP contribution in [0.1, 0.15) is 61.9 Å². The lowest BCUT2D eigenvalue weighted by Crippen LogP contribution is -2.30. The average molecular weight is 354 g/mol. The van der Waals surface area contributed by atoms with Crippen LogP contribution >= 0.6 is 0 Å². The summed E-state index contributed by atoms with van der Waals surface area (Å²) in [5, 5.41) is 23.5. The fourth-order valence-electron chi connectivity index (χ4n) is 3.89. The van der Waals surface area contributed by atoms with Crippen molar-refractivity contribution < 1.29 is 15.0 Å². The average Bonchev–Trinajstić information content (AvgIpc) is 2.62. The zero-order chi connectivity index (χ0) is 18.7. The van der Waals surface area contributed by atoms with Crippen molar-refractivity contribution in [1.29, 1.82) is 0 Å². The molecule has 0 unspecified atom stereocenters. The Morgan fingerprint density at radius 1 is 1.12 bits per heavy atom. The van der Waals surface area contributed by atoms with Crippen molar-refractivity contribution in [3.8, 4) is 11.5 Å². The summed E-state index contributed by atoms with van der Waals surface area (Å²) in [6.07, 6.45) is 7.57. The van der Waals surface area contributed by atoms with Crippen LogP contribution in [0.25, 0.3) is 0 Å². The fraction of sp³-hybridized carbons (Fsp3) is 0.429. The molecule has 1 aliphatic rings. The van der Waals surface area contributed by atoms with Crippen LogP contribution < -0.4 is 5.32 Å². The highest BCUT2D eigenvalue weighted by Crippen LogP contribution is 2.43. The highest BCUT2D eigenvalue weighted by Gasteiger charge is 2.34. The van der Waals surface area contributed by atoms with E-state index in [1.165, 1.54) is 19.3 Å². The van der Waals surface area contributed by atoms with E-state index in [0.29, 0.717) is 11.7 Å². The molecule has 3 N–H and O–H groups in total. The van der Waals surface area contributed by atoms with Crippen molar-refractivity contribution in [2.24, 2.45) is 5.92 Å². The maximum absolute atomic E-state index is 12.4. The molecule has 1 saturated carbocycles. The number of rotatable bonds is 4. The van der Waals surface area contributed by atoms with Gasteiger partial charge in [-0.3, -0.25) is 4.79 Å². The normalized spacial score (nSPS) is 15.6. The van der Waals surface area contributed by atoms with E-state index in [9.17, 15) is 15.0 Å². The number of amides is 1. The van der Waals surface area contributed by atoms with Crippen molar-refractivity contribution in [2.45, 2.75) is 51.4 Å². The van der Waals surface area contributed by atoms with Crippen LogP contribution in [0.15, 0.2) is 36.5 Å². The second-order valence-corrected chi connectivity index (χ2v) is 7.62. The van der Waals surface area contributed by atoms with Gasteiger partial charge in [-0.25, -0.2) is 4.98 Å². The molecule has 1 aromatic carbocycles. The predicted molar refractivity (Wildman–Crippen MR) is 102 cm³/mol. The SMILES string of the molecule is CC(C)(c1cc(O)c(C(=O)Nc2ccccn2)c(O)c1)C1CCCCC1. The molecule has 5 heteroatoms. The highest BCUT2D eigenvalue weighted by molar-refractivity contribution is 6.07. The number of hydrogen-bond donors (Lipinski definition) is 3. The molecule has 1 aromatic heterocycles. The Labute approximate surface area is 154 Å². The minimum absolute atomic E-state index is 0.126. The van der Waals surface area contributed by atoms with E-state index in [1.54, 1.807) is 36.5 Å². The first-order valence-electron chi connectivity index (χ1n) is 9.18. The van der Waals surface area contributed by atoms with E-state index < -0.39 is 5.91 Å². The van der Waals surface area contributed by atoms with Crippen molar-refractivity contribution in [3.05, 3.63) is 47.7 Å². The summed E-state index contributed by atoms with van der Waals surface area (Å²) in [6, 6.07) is 8.36. The number of pyridine rings is 1. The molecular weight excluding hydrogens is 328 g/mol. The Balaban J connectivity index is 1.87. The smallest absolute Gasteiger partial charge is 0.264 e. The monoisotopic (exact) mass is 354 g/mol. The molecule has 3 rings (SSSR count). The predicted octanol–water partition coefficient (Wildman–Crippen LogP) is 4.60. The van der Waals surface area contributed by atoms with Crippen molar-refractivity contribution in [3.63, 3.8) is 0 Å². The lowest BCUT2D eigenvalue weighted by Gasteiger charge is -2.37. The zero-order valence-electron chi connectivity index (χ0n) is 15.3. The number of nitrogens with zero attached hydrogens (tertiary/aromatic N) is 1. The van der Waals surface area contributed by atoms with Crippen LogP contribution in [0.3, 0.4) is 0 Å². The standard InChI is InChI=1S/C21H26N2O3/c1-21(2,14-8-4-3-5-9-14)15-12-16(24)19(17(25)13-15)20(26)23-18-10-6-7-11-22-18/h6-7,10-14,24-25H,3-5,8-9H2,1-2H3,(H,22,23,26). The summed E-state index contributed by atoms with van der Waals surface area (Å²) in [5.74, 6) is -0.137. The number of aromatic hydroxyl groups is 2. The fourth-order valence-corrected chi connectivity index (χ4v) is 3.89. The van der Waals surface area contributed by atoms with Gasteiger partial charge in [-0.05, 0) is 54.0 Å². The minimum atomic E-state index is -0.583. The van der Waals surface area contributed by atoms with Gasteiger partial charge in [-0.1, -0.05) is 39.2 Å². The molecule has 138 valence electrons. The minimum Gasteiger partial charge on any atom is -0.507 e. The number of phenols is 2. The summed E-state index contributed by atoms with van der Waals surface area (Å²) in [7, 11) is 0. The third-order valence-corrected chi connectivity index (χ3v) is 5.60. The van der Waals surface area contributed by atoms with E-state index in [0.717, 1.165) is 18.4 Å². The summed E-state index contributed by atoms with van der Waals surface area (Å²) in [5.41, 5.74) is 0.554. The van der Waals surface area contributed by atoms with Gasteiger partial charge < -0.3 is 15.5 Å². The molecule has 1 fully saturated rings. The van der Waals surface area contributed by atoms with Gasteiger partial charge in [0.15, 0.2) is 0 Å². The lowest BCUT2D eigenvalue weighted by atomic mass is 9.67. The molecule has 0 atom stereocenters. The molecule has 0 radical (unpaired) electrons. The molecule has 1 aliphatic carbocycles. The molecule has 1 heterocycles. The molecule has 0 aliphatic heterocycles. The lowest BCUT2D eigenvalue weighted by molar-refractivity contribution is 0.102. The molecule has 1 amide bonds. The number of anilines is 1. The third-order valence-electron chi connectivity index (χ3n) is 5.60. The Hall–Kier alpha value is -2.56. The summed E-state index contributed by atoms with van der Waals surface area (Å²) in [6.45, 7) is 4.29. The first kappa shape index (κ1) is 18.2. The third kappa shape index (κ3) is 3.66. The maximum Gasteiger partial charge on any atom is 0.264 e. The Kier molecular flexibility index (Phi) is 5.16. The number of carbonyl (C=O) groups is 1. The van der Waals surface area contributed by atoms with E-state index in [4.69, 9.17) is 0 Å². The van der Waals surface area contributed by atoms with Crippen LogP contribution in [-0.4, -0.2) is 21.1 Å². The quantitative estimate of drug-likeness (QED) is 0.749. The van der Waals surface area contributed by atoms with Crippen molar-refractivity contribution in [1.82, 2.24) is 4.98 Å². The number of phenolic OH excluding ortho intramolecular Hbond substituents is 2. The first-order valence-corrected chi connectivity index (χ1v) is 9.18. The van der Waals surface area contributed by atoms with E-state index >= 15 is 0 Å². The summed E-state index contributed by atoms with van der Waals surface area (Å²) >= 11 is 0. The van der Waals surface area contributed by atoms with Gasteiger partial charge in [0.25, 0.3) is 5.91 Å². The van der Waals surface area contributed by atoms with Gasteiger partial charge in [0.2, 0.25) is 0 Å². The molecule has 5 nitrogen and oxygen atoms in total. The van der Waals surface area contributed by atoms with Crippen LogP contribution in [0, 0.1) is 5.92 Å². The van der Waals surface area contributed by atoms with E-state index in [2.05, 4.69) is 24.1 Å². The Morgan fingerprint density at radius 3 is 2.35 bits per heavy atom. The molecular formula is C21H26N2O3. The van der Waals surface area contributed by atoms with Crippen LogP contribution in [0.5, 0.6) is 11.5 Å². The molecule has 2 aromatic rings.